The lowest BCUT2D eigenvalue weighted by Gasteiger charge is -2.42. The molecule has 2 saturated heterocycles. The van der Waals surface area contributed by atoms with E-state index in [4.69, 9.17) is 0 Å². The van der Waals surface area contributed by atoms with Crippen LogP contribution in [0, 0.1) is 17.6 Å². The lowest BCUT2D eigenvalue weighted by molar-refractivity contribution is -0.142. The van der Waals surface area contributed by atoms with E-state index in [1.54, 1.807) is 29.2 Å². The second-order valence-electron chi connectivity index (χ2n) is 8.28. The minimum Gasteiger partial charge on any atom is -0.366 e. The number of nitrogens with zero attached hydrogens (tertiary/aromatic N) is 3. The Hall–Kier alpha value is -2.96. The Morgan fingerprint density at radius 2 is 1.58 bits per heavy atom. The first-order valence-electron chi connectivity index (χ1n) is 10.7. The van der Waals surface area contributed by atoms with Gasteiger partial charge >= 0.3 is 0 Å². The Balaban J connectivity index is 1.39. The van der Waals surface area contributed by atoms with Crippen LogP contribution >= 0.6 is 0 Å². The van der Waals surface area contributed by atoms with Gasteiger partial charge in [-0.25, -0.2) is 8.78 Å². The molecule has 7 heteroatoms. The number of likely N-dealkylation sites (tertiary alicyclic amines) is 1. The lowest BCUT2D eigenvalue weighted by atomic mass is 9.88. The molecule has 0 saturated carbocycles. The molecule has 2 unspecified atom stereocenters. The molecule has 2 aromatic carbocycles. The zero-order valence-electron chi connectivity index (χ0n) is 17.6. The first-order chi connectivity index (χ1) is 14.9. The summed E-state index contributed by atoms with van der Waals surface area (Å²) in [5.74, 6) is -0.844. The number of para-hydroxylation sites is 1. The first kappa shape index (κ1) is 21.3. The summed E-state index contributed by atoms with van der Waals surface area (Å²) < 4.78 is 27.3. The van der Waals surface area contributed by atoms with Crippen molar-refractivity contribution in [2.24, 2.45) is 5.92 Å². The highest BCUT2D eigenvalue weighted by Gasteiger charge is 2.36. The van der Waals surface area contributed by atoms with Crippen LogP contribution in [-0.4, -0.2) is 54.3 Å². The number of rotatable bonds is 3. The first-order valence-corrected chi connectivity index (χ1v) is 10.7. The Morgan fingerprint density at radius 3 is 2.23 bits per heavy atom. The minimum atomic E-state index is -0.309. The number of piperazine rings is 1. The average Bonchev–Trinajstić information content (AvgIpc) is 2.79. The summed E-state index contributed by atoms with van der Waals surface area (Å²) in [6.45, 7) is 4.10. The van der Waals surface area contributed by atoms with Gasteiger partial charge in [0, 0.05) is 39.6 Å². The van der Waals surface area contributed by atoms with Crippen molar-refractivity contribution in [1.29, 1.82) is 0 Å². The molecule has 2 atom stereocenters. The Labute approximate surface area is 181 Å². The minimum absolute atomic E-state index is 0.0528. The van der Waals surface area contributed by atoms with Gasteiger partial charge in [0.2, 0.25) is 11.8 Å². The van der Waals surface area contributed by atoms with Gasteiger partial charge in [0.15, 0.2) is 0 Å². The van der Waals surface area contributed by atoms with E-state index in [0.29, 0.717) is 51.3 Å². The monoisotopic (exact) mass is 427 g/mol. The molecule has 0 aromatic heterocycles. The summed E-state index contributed by atoms with van der Waals surface area (Å²) in [6.07, 6.45) is 1.34. The van der Waals surface area contributed by atoms with E-state index in [1.165, 1.54) is 25.1 Å². The van der Waals surface area contributed by atoms with E-state index in [9.17, 15) is 18.4 Å². The van der Waals surface area contributed by atoms with Gasteiger partial charge in [0.05, 0.1) is 17.6 Å². The third kappa shape index (κ3) is 4.55. The quantitative estimate of drug-likeness (QED) is 0.752. The topological polar surface area (TPSA) is 43.9 Å². The smallest absolute Gasteiger partial charge is 0.227 e. The number of carbonyl (C=O) groups is 2. The summed E-state index contributed by atoms with van der Waals surface area (Å²) in [5, 5.41) is 0. The molecular formula is C24H27F2N3O2. The molecule has 0 aliphatic carbocycles. The largest absolute Gasteiger partial charge is 0.366 e. The van der Waals surface area contributed by atoms with E-state index < -0.39 is 0 Å². The summed E-state index contributed by atoms with van der Waals surface area (Å²) in [6, 6.07) is 12.8. The highest BCUT2D eigenvalue weighted by molar-refractivity contribution is 5.81. The molecule has 0 N–H and O–H groups in total. The van der Waals surface area contributed by atoms with Crippen molar-refractivity contribution in [3.8, 4) is 0 Å². The third-order valence-corrected chi connectivity index (χ3v) is 6.37. The summed E-state index contributed by atoms with van der Waals surface area (Å²) in [4.78, 5) is 31.0. The van der Waals surface area contributed by atoms with E-state index in [-0.39, 0.29) is 35.4 Å². The van der Waals surface area contributed by atoms with Crippen LogP contribution in [0.25, 0.3) is 0 Å². The number of hydrogen-bond donors (Lipinski definition) is 0. The molecule has 164 valence electrons. The summed E-state index contributed by atoms with van der Waals surface area (Å²) >= 11 is 0. The van der Waals surface area contributed by atoms with Gasteiger partial charge in [0.1, 0.15) is 11.6 Å². The van der Waals surface area contributed by atoms with E-state index in [0.717, 1.165) is 5.56 Å². The Bertz CT molecular complexity index is 942. The zero-order chi connectivity index (χ0) is 22.0. The van der Waals surface area contributed by atoms with Crippen LogP contribution < -0.4 is 4.90 Å². The van der Waals surface area contributed by atoms with E-state index >= 15 is 0 Å². The summed E-state index contributed by atoms with van der Waals surface area (Å²) in [7, 11) is 0. The van der Waals surface area contributed by atoms with Crippen LogP contribution in [0.15, 0.2) is 48.5 Å². The number of hydrogen-bond acceptors (Lipinski definition) is 3. The number of benzene rings is 2. The number of halogens is 2. The van der Waals surface area contributed by atoms with Gasteiger partial charge in [0.25, 0.3) is 0 Å². The molecular weight excluding hydrogens is 400 g/mol. The molecule has 31 heavy (non-hydrogen) atoms. The molecule has 0 bridgehead atoms. The predicted octanol–water partition coefficient (Wildman–Crippen LogP) is 3.61. The van der Waals surface area contributed by atoms with E-state index in [2.05, 4.69) is 0 Å². The molecule has 2 fully saturated rings. The molecule has 2 heterocycles. The molecule has 0 radical (unpaired) electrons. The van der Waals surface area contributed by atoms with Gasteiger partial charge < -0.3 is 14.7 Å². The van der Waals surface area contributed by atoms with Crippen molar-refractivity contribution < 1.29 is 18.4 Å². The standard InChI is InChI=1S/C24H27F2N3O2/c1-17(30)29-16-19(8-11-22(29)18-6-9-20(25)10-7-18)24(31)28-14-12-27(13-15-28)23-5-3-2-4-21(23)26/h2-7,9-10,19,22H,8,11-16H2,1H3. The number of carbonyl (C=O) groups excluding carboxylic acids is 2. The van der Waals surface area contributed by atoms with Crippen LogP contribution in [0.4, 0.5) is 14.5 Å². The Kier molecular flexibility index (Phi) is 6.20. The highest BCUT2D eigenvalue weighted by Crippen LogP contribution is 2.34. The second kappa shape index (κ2) is 9.04. The maximum absolute atomic E-state index is 14.1. The van der Waals surface area contributed by atoms with Crippen molar-refractivity contribution in [2.45, 2.75) is 25.8 Å². The molecule has 5 nitrogen and oxygen atoms in total. The van der Waals surface area contributed by atoms with Gasteiger partial charge in [-0.3, -0.25) is 9.59 Å². The van der Waals surface area contributed by atoms with Crippen LogP contribution in [0.3, 0.4) is 0 Å². The number of anilines is 1. The normalized spacial score (nSPS) is 21.8. The van der Waals surface area contributed by atoms with Crippen LogP contribution in [0.2, 0.25) is 0 Å². The fourth-order valence-electron chi connectivity index (χ4n) is 4.69. The van der Waals surface area contributed by atoms with Crippen LogP contribution in [-0.2, 0) is 9.59 Å². The molecule has 2 aliphatic rings. The molecule has 4 rings (SSSR count). The number of piperidine rings is 1. The molecule has 2 aromatic rings. The van der Waals surface area contributed by atoms with Crippen molar-refractivity contribution in [3.05, 3.63) is 65.7 Å². The molecule has 2 amide bonds. The highest BCUT2D eigenvalue weighted by atomic mass is 19.1. The predicted molar refractivity (Wildman–Crippen MR) is 114 cm³/mol. The zero-order valence-corrected chi connectivity index (χ0v) is 17.6. The SMILES string of the molecule is CC(=O)N1CC(C(=O)N2CCN(c3ccccc3F)CC2)CCC1c1ccc(F)cc1. The molecule has 2 aliphatic heterocycles. The van der Waals surface area contributed by atoms with Gasteiger partial charge in [-0.2, -0.15) is 0 Å². The average molecular weight is 427 g/mol. The van der Waals surface area contributed by atoms with Gasteiger partial charge in [-0.1, -0.05) is 24.3 Å². The van der Waals surface area contributed by atoms with E-state index in [1.807, 2.05) is 15.9 Å². The lowest BCUT2D eigenvalue weighted by Crippen LogP contribution is -2.53. The maximum Gasteiger partial charge on any atom is 0.227 e. The molecule has 0 spiro atoms. The van der Waals surface area contributed by atoms with Crippen LogP contribution in [0.5, 0.6) is 0 Å². The van der Waals surface area contributed by atoms with Crippen LogP contribution in [0.1, 0.15) is 31.4 Å². The maximum atomic E-state index is 14.1. The number of amides is 2. The summed E-state index contributed by atoms with van der Waals surface area (Å²) in [5.41, 5.74) is 1.46. The van der Waals surface area contributed by atoms with Gasteiger partial charge in [-0.05, 0) is 42.7 Å². The van der Waals surface area contributed by atoms with Crippen molar-refractivity contribution in [3.63, 3.8) is 0 Å². The second-order valence-corrected chi connectivity index (χ2v) is 8.28. The van der Waals surface area contributed by atoms with Crippen molar-refractivity contribution >= 4 is 17.5 Å². The Morgan fingerprint density at radius 1 is 0.903 bits per heavy atom. The van der Waals surface area contributed by atoms with Gasteiger partial charge in [-0.15, -0.1) is 0 Å². The fourth-order valence-corrected chi connectivity index (χ4v) is 4.69. The third-order valence-electron chi connectivity index (χ3n) is 6.37. The van der Waals surface area contributed by atoms with Crippen molar-refractivity contribution in [1.82, 2.24) is 9.80 Å². The van der Waals surface area contributed by atoms with Crippen molar-refractivity contribution in [2.75, 3.05) is 37.6 Å². The fraction of sp³-hybridized carbons (Fsp3) is 0.417.